The van der Waals surface area contributed by atoms with Gasteiger partial charge in [-0.3, -0.25) is 0 Å². The Morgan fingerprint density at radius 3 is 2.00 bits per heavy atom. The molecule has 0 aliphatic rings. The first-order valence-corrected chi connectivity index (χ1v) is 6.40. The zero-order chi connectivity index (χ0) is 13.0. The molecule has 0 aliphatic carbocycles. The van der Waals surface area contributed by atoms with Crippen LogP contribution >= 0.6 is 0 Å². The monoisotopic (exact) mass is 223 g/mol. The van der Waals surface area contributed by atoms with Crippen molar-refractivity contribution >= 4 is 10.9 Å². The summed E-state index contributed by atoms with van der Waals surface area (Å²) in [6, 6.07) is 8.47. The number of hydrogen-bond acceptors (Lipinski definition) is 0. The van der Waals surface area contributed by atoms with Gasteiger partial charge in [0.25, 0.3) is 0 Å². The first kappa shape index (κ1) is 17.2. The van der Waals surface area contributed by atoms with Crippen LogP contribution < -0.4 is 0 Å². The lowest BCUT2D eigenvalue weighted by Crippen LogP contribution is -1.69. The van der Waals surface area contributed by atoms with Crippen LogP contribution in [0.3, 0.4) is 0 Å². The molecule has 1 nitrogen and oxygen atoms in total. The van der Waals surface area contributed by atoms with Crippen LogP contribution in [0, 0.1) is 6.92 Å². The Kier molecular flexibility index (Phi) is 12.7. The number of H-pyrrole nitrogens is 1. The van der Waals surface area contributed by atoms with Crippen molar-refractivity contribution in [2.24, 2.45) is 0 Å². The topological polar surface area (TPSA) is 15.8 Å². The molecule has 1 N–H and O–H groups in total. The molecule has 2 rings (SSSR count). The average molecular weight is 223 g/mol. The normalized spacial score (nSPS) is 7.69. The molecule has 94 valence electrons. The third kappa shape index (κ3) is 5.59. The minimum absolute atomic E-state index is 0. The highest BCUT2D eigenvalue weighted by Gasteiger charge is 1.90. The fourth-order valence-electron chi connectivity index (χ4n) is 1.17. The summed E-state index contributed by atoms with van der Waals surface area (Å²) in [5, 5.41) is 1.29. The van der Waals surface area contributed by atoms with Crippen molar-refractivity contribution in [3.63, 3.8) is 0 Å². The summed E-state index contributed by atoms with van der Waals surface area (Å²) >= 11 is 0. The van der Waals surface area contributed by atoms with Crippen molar-refractivity contribution in [2.75, 3.05) is 0 Å². The van der Waals surface area contributed by atoms with Gasteiger partial charge in [0, 0.05) is 13.1 Å². The van der Waals surface area contributed by atoms with Gasteiger partial charge in [-0.25, -0.2) is 0 Å². The Hall–Kier alpha value is -1.24. The molecule has 0 unspecified atom stereocenters. The van der Waals surface area contributed by atoms with E-state index in [-0.39, 0.29) is 1.43 Å². The van der Waals surface area contributed by atoms with Crippen LogP contribution in [0.4, 0.5) is 0 Å². The fourth-order valence-corrected chi connectivity index (χ4v) is 1.17. The number of aromatic nitrogens is 1. The number of fused-ring (bicyclic) bond motifs is 1. The van der Waals surface area contributed by atoms with E-state index in [2.05, 4.69) is 36.2 Å². The number of rotatable bonds is 0. The van der Waals surface area contributed by atoms with E-state index in [9.17, 15) is 0 Å². The summed E-state index contributed by atoms with van der Waals surface area (Å²) < 4.78 is 0. The Balaban J connectivity index is -0.000000248. The summed E-state index contributed by atoms with van der Waals surface area (Å²) in [4.78, 5) is 3.15. The summed E-state index contributed by atoms with van der Waals surface area (Å²) in [5.74, 6) is 0. The summed E-state index contributed by atoms with van der Waals surface area (Å²) in [6.07, 6.45) is 1.96. The van der Waals surface area contributed by atoms with E-state index in [1.54, 1.807) is 0 Å². The SMILES string of the molecule is CC.CC.CC.Cc1ccc2[nH]ccc2c1.[HH]. The first-order chi connectivity index (χ1) is 7.86. The molecular formula is C15H29N. The highest BCUT2D eigenvalue weighted by molar-refractivity contribution is 5.79. The van der Waals surface area contributed by atoms with Crippen LogP contribution in [0.2, 0.25) is 0 Å². The summed E-state index contributed by atoms with van der Waals surface area (Å²) in [5.41, 5.74) is 2.53. The van der Waals surface area contributed by atoms with Crippen LogP contribution in [0.5, 0.6) is 0 Å². The molecule has 1 heterocycles. The second kappa shape index (κ2) is 11.8. The van der Waals surface area contributed by atoms with Crippen molar-refractivity contribution in [1.82, 2.24) is 4.98 Å². The summed E-state index contributed by atoms with van der Waals surface area (Å²) in [6.45, 7) is 14.1. The maximum atomic E-state index is 3.15. The maximum Gasteiger partial charge on any atom is 0.0454 e. The lowest BCUT2D eigenvalue weighted by molar-refractivity contribution is 1.46. The van der Waals surface area contributed by atoms with E-state index in [4.69, 9.17) is 0 Å². The molecule has 1 aromatic heterocycles. The third-order valence-electron chi connectivity index (χ3n) is 1.71. The van der Waals surface area contributed by atoms with E-state index in [0.29, 0.717) is 0 Å². The number of nitrogens with one attached hydrogen (secondary N) is 1. The maximum absolute atomic E-state index is 3.15. The van der Waals surface area contributed by atoms with Crippen LogP contribution in [0.15, 0.2) is 30.5 Å². The molecule has 2 aromatic rings. The molecule has 0 fully saturated rings. The Morgan fingerprint density at radius 1 is 0.875 bits per heavy atom. The minimum atomic E-state index is 0. The lowest BCUT2D eigenvalue weighted by Gasteiger charge is -1.90. The molecule has 0 bridgehead atoms. The van der Waals surface area contributed by atoms with Crippen LogP contribution in [-0.2, 0) is 0 Å². The van der Waals surface area contributed by atoms with Crippen molar-refractivity contribution in [3.05, 3.63) is 36.0 Å². The molecule has 0 amide bonds. The Labute approximate surface area is 102 Å². The minimum Gasteiger partial charge on any atom is -0.361 e. The smallest absolute Gasteiger partial charge is 0.0454 e. The Morgan fingerprint density at radius 2 is 1.44 bits per heavy atom. The van der Waals surface area contributed by atoms with Gasteiger partial charge in [0.05, 0.1) is 0 Å². The molecule has 0 saturated carbocycles. The standard InChI is InChI=1S/C9H9N.3C2H6.H2/c1-7-2-3-9-8(6-7)4-5-10-9;3*1-2;/h2-6,10H,1H3;3*1-2H3;1H. The van der Waals surface area contributed by atoms with Gasteiger partial charge in [-0.05, 0) is 30.5 Å². The molecule has 0 spiro atoms. The molecule has 0 aliphatic heterocycles. The van der Waals surface area contributed by atoms with Crippen LogP contribution in [0.1, 0.15) is 48.5 Å². The van der Waals surface area contributed by atoms with Gasteiger partial charge in [0.15, 0.2) is 0 Å². The van der Waals surface area contributed by atoms with Gasteiger partial charge in [-0.1, -0.05) is 53.2 Å². The number of aryl methyl sites for hydroxylation is 1. The van der Waals surface area contributed by atoms with E-state index in [1.807, 2.05) is 47.7 Å². The van der Waals surface area contributed by atoms with Crippen molar-refractivity contribution in [2.45, 2.75) is 48.5 Å². The quantitative estimate of drug-likeness (QED) is 0.581. The van der Waals surface area contributed by atoms with Gasteiger partial charge >= 0.3 is 0 Å². The second-order valence-electron chi connectivity index (χ2n) is 2.57. The van der Waals surface area contributed by atoms with Crippen LogP contribution in [-0.4, -0.2) is 4.98 Å². The zero-order valence-electron chi connectivity index (χ0n) is 11.9. The van der Waals surface area contributed by atoms with Gasteiger partial charge in [0.1, 0.15) is 0 Å². The van der Waals surface area contributed by atoms with Gasteiger partial charge in [-0.15, -0.1) is 0 Å². The number of aromatic amines is 1. The van der Waals surface area contributed by atoms with Crippen molar-refractivity contribution < 1.29 is 1.43 Å². The molecule has 1 heteroatoms. The predicted octanol–water partition coefficient (Wildman–Crippen LogP) is 5.80. The first-order valence-electron chi connectivity index (χ1n) is 6.40. The predicted molar refractivity (Wildman–Crippen MR) is 79.2 cm³/mol. The summed E-state index contributed by atoms with van der Waals surface area (Å²) in [7, 11) is 0. The second-order valence-corrected chi connectivity index (χ2v) is 2.57. The molecule has 0 radical (unpaired) electrons. The van der Waals surface area contributed by atoms with E-state index >= 15 is 0 Å². The van der Waals surface area contributed by atoms with Gasteiger partial charge < -0.3 is 4.98 Å². The lowest BCUT2D eigenvalue weighted by atomic mass is 10.2. The highest BCUT2D eigenvalue weighted by Crippen LogP contribution is 2.12. The molecule has 0 saturated heterocycles. The van der Waals surface area contributed by atoms with Crippen molar-refractivity contribution in [1.29, 1.82) is 0 Å². The molecule has 0 atom stereocenters. The molecule has 16 heavy (non-hydrogen) atoms. The van der Waals surface area contributed by atoms with E-state index < -0.39 is 0 Å². The highest BCUT2D eigenvalue weighted by atomic mass is 14.7. The van der Waals surface area contributed by atoms with Crippen LogP contribution in [0.25, 0.3) is 10.9 Å². The largest absolute Gasteiger partial charge is 0.361 e. The van der Waals surface area contributed by atoms with Gasteiger partial charge in [0.2, 0.25) is 0 Å². The van der Waals surface area contributed by atoms with Crippen molar-refractivity contribution in [3.8, 4) is 0 Å². The third-order valence-corrected chi connectivity index (χ3v) is 1.71. The van der Waals surface area contributed by atoms with E-state index in [0.717, 1.165) is 0 Å². The zero-order valence-corrected chi connectivity index (χ0v) is 11.9. The Bertz CT molecular complexity index is 352. The molecule has 1 aromatic carbocycles. The van der Waals surface area contributed by atoms with E-state index in [1.165, 1.54) is 16.5 Å². The van der Waals surface area contributed by atoms with Gasteiger partial charge in [-0.2, -0.15) is 0 Å². The molecular weight excluding hydrogens is 194 g/mol. The average Bonchev–Trinajstić information content (AvgIpc) is 2.84. The number of benzene rings is 1. The fraction of sp³-hybridized carbons (Fsp3) is 0.467. The number of hydrogen-bond donors (Lipinski definition) is 1.